The fraction of sp³-hybridized carbons (Fsp3) is 0.174. The summed E-state index contributed by atoms with van der Waals surface area (Å²) in [7, 11) is 0. The van der Waals surface area contributed by atoms with Gasteiger partial charge in [-0.25, -0.2) is 14.8 Å². The van der Waals surface area contributed by atoms with Gasteiger partial charge in [-0.2, -0.15) is 5.10 Å². The summed E-state index contributed by atoms with van der Waals surface area (Å²) in [6, 6.07) is 7.27. The zero-order chi connectivity index (χ0) is 22.7. The van der Waals surface area contributed by atoms with Crippen LogP contribution in [-0.4, -0.2) is 31.1 Å². The zero-order valence-corrected chi connectivity index (χ0v) is 17.5. The number of carbonyl (C=O) groups is 1. The number of rotatable bonds is 4. The Morgan fingerprint density at radius 2 is 2.12 bits per heavy atom. The van der Waals surface area contributed by atoms with Gasteiger partial charge in [0.15, 0.2) is 5.58 Å². The standard InChI is InChI=1S/C23H19N7O3/c1-10-2-18-19(33-23(32)29-18)6-13(10)17-3-11-4-20(25-9-16(11)21(24)28-17)30-22(31)15-5-14(15)12-7-26-27-8-12/h2-4,6-9,14-15H,5H2,1H3,(H2,24,28)(H,26,27)(H,29,32)(H,25,30,31)/t14-,15+/m1/s1. The summed E-state index contributed by atoms with van der Waals surface area (Å²) in [6.07, 6.45) is 5.97. The summed E-state index contributed by atoms with van der Waals surface area (Å²) >= 11 is 0. The minimum absolute atomic E-state index is 0.0703. The van der Waals surface area contributed by atoms with Crippen LogP contribution >= 0.6 is 0 Å². The van der Waals surface area contributed by atoms with Crippen LogP contribution < -0.4 is 16.8 Å². The first kappa shape index (κ1) is 19.2. The number of hydrogen-bond acceptors (Lipinski definition) is 7. The first-order valence-electron chi connectivity index (χ1n) is 10.5. The summed E-state index contributed by atoms with van der Waals surface area (Å²) < 4.78 is 5.20. The molecule has 1 fully saturated rings. The Morgan fingerprint density at radius 3 is 2.94 bits per heavy atom. The lowest BCUT2D eigenvalue weighted by Gasteiger charge is -2.10. The van der Waals surface area contributed by atoms with Crippen molar-refractivity contribution in [2.24, 2.45) is 5.92 Å². The van der Waals surface area contributed by atoms with Gasteiger partial charge >= 0.3 is 5.76 Å². The molecule has 1 aromatic carbocycles. The number of aromatic amines is 2. The zero-order valence-electron chi connectivity index (χ0n) is 17.5. The summed E-state index contributed by atoms with van der Waals surface area (Å²) in [5.41, 5.74) is 10.7. The van der Waals surface area contributed by atoms with E-state index in [2.05, 4.69) is 30.5 Å². The minimum Gasteiger partial charge on any atom is -0.408 e. The number of amides is 1. The van der Waals surface area contributed by atoms with Crippen molar-refractivity contribution in [3.8, 4) is 11.3 Å². The molecule has 33 heavy (non-hydrogen) atoms. The maximum atomic E-state index is 12.7. The first-order chi connectivity index (χ1) is 16.0. The maximum absolute atomic E-state index is 12.7. The molecule has 6 rings (SSSR count). The maximum Gasteiger partial charge on any atom is 0.417 e. The SMILES string of the molecule is Cc1cc2[nH]c(=O)oc2cc1-c1cc2cc(NC(=O)[C@H]3C[C@@H]3c3cn[nH]c3)ncc2c(N)n1. The number of nitrogens with one attached hydrogen (secondary N) is 3. The molecule has 5 N–H and O–H groups in total. The molecule has 1 aliphatic rings. The Balaban J connectivity index is 1.33. The molecule has 1 aliphatic carbocycles. The third kappa shape index (κ3) is 3.32. The number of aromatic nitrogens is 5. The second-order valence-electron chi connectivity index (χ2n) is 8.33. The molecular formula is C23H19N7O3. The van der Waals surface area contributed by atoms with Crippen LogP contribution in [0.1, 0.15) is 23.5 Å². The van der Waals surface area contributed by atoms with E-state index in [1.54, 1.807) is 24.5 Å². The predicted octanol–water partition coefficient (Wildman–Crippen LogP) is 3.09. The van der Waals surface area contributed by atoms with E-state index in [-0.39, 0.29) is 17.7 Å². The third-order valence-electron chi connectivity index (χ3n) is 6.11. The van der Waals surface area contributed by atoms with Crippen molar-refractivity contribution in [2.45, 2.75) is 19.3 Å². The Kier molecular flexibility index (Phi) is 4.09. The molecule has 0 unspecified atom stereocenters. The number of nitrogens with zero attached hydrogens (tertiary/aromatic N) is 3. The summed E-state index contributed by atoms with van der Waals surface area (Å²) in [5.74, 6) is 0.283. The average molecular weight is 441 g/mol. The number of hydrogen-bond donors (Lipinski definition) is 4. The van der Waals surface area contributed by atoms with Crippen LogP contribution in [0.15, 0.2) is 52.1 Å². The molecule has 1 saturated carbocycles. The highest BCUT2D eigenvalue weighted by Crippen LogP contribution is 2.47. The first-order valence-corrected chi connectivity index (χ1v) is 10.5. The van der Waals surface area contributed by atoms with E-state index < -0.39 is 5.76 Å². The minimum atomic E-state index is -0.510. The van der Waals surface area contributed by atoms with Crippen LogP contribution in [0.5, 0.6) is 0 Å². The number of anilines is 2. The van der Waals surface area contributed by atoms with E-state index in [1.807, 2.05) is 25.3 Å². The van der Waals surface area contributed by atoms with Gasteiger partial charge in [-0.1, -0.05) is 0 Å². The molecule has 164 valence electrons. The van der Waals surface area contributed by atoms with Gasteiger partial charge in [0.05, 0.1) is 17.4 Å². The van der Waals surface area contributed by atoms with Gasteiger partial charge in [0, 0.05) is 29.3 Å². The van der Waals surface area contributed by atoms with Gasteiger partial charge in [0.2, 0.25) is 5.91 Å². The third-order valence-corrected chi connectivity index (χ3v) is 6.11. The van der Waals surface area contributed by atoms with E-state index in [9.17, 15) is 9.59 Å². The molecule has 0 spiro atoms. The summed E-state index contributed by atoms with van der Waals surface area (Å²) in [6.45, 7) is 1.92. The number of carbonyl (C=O) groups excluding carboxylic acids is 1. The topological polar surface area (TPSA) is 156 Å². The highest BCUT2D eigenvalue weighted by Gasteiger charge is 2.44. The van der Waals surface area contributed by atoms with Crippen molar-refractivity contribution in [1.82, 2.24) is 25.1 Å². The molecule has 10 nitrogen and oxygen atoms in total. The fourth-order valence-corrected chi connectivity index (χ4v) is 4.30. The van der Waals surface area contributed by atoms with Crippen molar-refractivity contribution >= 4 is 39.4 Å². The number of benzene rings is 1. The smallest absolute Gasteiger partial charge is 0.408 e. The van der Waals surface area contributed by atoms with Gasteiger partial charge in [0.25, 0.3) is 0 Å². The lowest BCUT2D eigenvalue weighted by Crippen LogP contribution is -2.15. The number of oxazole rings is 1. The number of pyridine rings is 2. The van der Waals surface area contributed by atoms with E-state index in [4.69, 9.17) is 10.2 Å². The van der Waals surface area contributed by atoms with Crippen LogP contribution in [-0.2, 0) is 4.79 Å². The molecule has 5 aromatic rings. The fourth-order valence-electron chi connectivity index (χ4n) is 4.30. The summed E-state index contributed by atoms with van der Waals surface area (Å²) in [5, 5.41) is 11.1. The number of H-pyrrole nitrogens is 2. The Morgan fingerprint density at radius 1 is 1.24 bits per heavy atom. The monoisotopic (exact) mass is 441 g/mol. The Labute approximate surface area is 186 Å². The number of nitrogen functional groups attached to an aromatic ring is 1. The predicted molar refractivity (Wildman–Crippen MR) is 123 cm³/mol. The second kappa shape index (κ2) is 7.02. The van der Waals surface area contributed by atoms with Gasteiger partial charge in [-0.15, -0.1) is 0 Å². The molecule has 1 amide bonds. The molecule has 10 heteroatoms. The van der Waals surface area contributed by atoms with Crippen LogP contribution in [0.3, 0.4) is 0 Å². The van der Waals surface area contributed by atoms with E-state index in [0.29, 0.717) is 33.8 Å². The van der Waals surface area contributed by atoms with Crippen LogP contribution in [0.25, 0.3) is 33.1 Å². The van der Waals surface area contributed by atoms with Gasteiger partial charge in [0.1, 0.15) is 11.6 Å². The number of nitrogens with two attached hydrogens (primary N) is 1. The van der Waals surface area contributed by atoms with Crippen molar-refractivity contribution in [1.29, 1.82) is 0 Å². The number of fused-ring (bicyclic) bond motifs is 2. The van der Waals surface area contributed by atoms with Crippen molar-refractivity contribution in [3.63, 3.8) is 0 Å². The average Bonchev–Trinajstić information content (AvgIpc) is 3.22. The molecular weight excluding hydrogens is 422 g/mol. The number of aryl methyl sites for hydroxylation is 1. The lowest BCUT2D eigenvalue weighted by molar-refractivity contribution is -0.117. The highest BCUT2D eigenvalue weighted by atomic mass is 16.4. The Bertz CT molecular complexity index is 1600. The van der Waals surface area contributed by atoms with Crippen LogP contribution in [0, 0.1) is 12.8 Å². The lowest BCUT2D eigenvalue weighted by atomic mass is 10.0. The van der Waals surface area contributed by atoms with E-state index in [0.717, 1.165) is 28.5 Å². The highest BCUT2D eigenvalue weighted by molar-refractivity contribution is 5.99. The largest absolute Gasteiger partial charge is 0.417 e. The van der Waals surface area contributed by atoms with E-state index in [1.165, 1.54) is 0 Å². The molecule has 4 heterocycles. The van der Waals surface area contributed by atoms with Crippen molar-refractivity contribution in [3.05, 3.63) is 64.5 Å². The molecule has 0 bridgehead atoms. The molecule has 4 aromatic heterocycles. The van der Waals surface area contributed by atoms with Gasteiger partial charge in [-0.05, 0) is 60.0 Å². The Hall–Kier alpha value is -4.47. The molecule has 2 atom stereocenters. The van der Waals surface area contributed by atoms with Crippen LogP contribution in [0.2, 0.25) is 0 Å². The van der Waals surface area contributed by atoms with Crippen molar-refractivity contribution < 1.29 is 9.21 Å². The van der Waals surface area contributed by atoms with Gasteiger partial charge in [-0.3, -0.25) is 14.9 Å². The quantitative estimate of drug-likeness (QED) is 0.334. The van der Waals surface area contributed by atoms with Gasteiger partial charge < -0.3 is 15.5 Å². The van der Waals surface area contributed by atoms with Crippen LogP contribution in [0.4, 0.5) is 11.6 Å². The van der Waals surface area contributed by atoms with E-state index >= 15 is 0 Å². The van der Waals surface area contributed by atoms with Crippen molar-refractivity contribution in [2.75, 3.05) is 11.1 Å². The normalized spacial score (nSPS) is 17.5. The molecule has 0 aliphatic heterocycles. The molecule has 0 saturated heterocycles. The summed E-state index contributed by atoms with van der Waals surface area (Å²) in [4.78, 5) is 35.7. The molecule has 0 radical (unpaired) electrons. The second-order valence-corrected chi connectivity index (χ2v) is 8.33.